The van der Waals surface area contributed by atoms with Gasteiger partial charge in [0.25, 0.3) is 0 Å². The summed E-state index contributed by atoms with van der Waals surface area (Å²) in [5, 5.41) is 0. The second-order valence-corrected chi connectivity index (χ2v) is 10.6. The number of hydrogen-bond acceptors (Lipinski definition) is 7. The standard InChI is InChI=1S/C33H33FN2O4S/c1-3-28-21(2)5-4-6-25(19-29(28)34)23-12-15-27(16-13-23)39-33(38)24-10-7-22(8-11-24)9-18-32(37)40-41-31-17-14-26(35)20-30(31)36/h7-20,25H,3-6,35-36H2,1-2H3/b18-9+,28-21?,29-19?. The van der Waals surface area contributed by atoms with E-state index in [2.05, 4.69) is 0 Å². The molecule has 1 aliphatic rings. The summed E-state index contributed by atoms with van der Waals surface area (Å²) in [5.74, 6) is -0.822. The van der Waals surface area contributed by atoms with Crippen LogP contribution in [0.25, 0.3) is 6.08 Å². The molecule has 212 valence electrons. The fourth-order valence-corrected chi connectivity index (χ4v) is 5.14. The Labute approximate surface area is 244 Å². The van der Waals surface area contributed by atoms with Gasteiger partial charge in [-0.05, 0) is 104 Å². The Kier molecular flexibility index (Phi) is 10.0. The number of esters is 1. The number of halogens is 1. The summed E-state index contributed by atoms with van der Waals surface area (Å²) in [5.41, 5.74) is 16.5. The number of anilines is 2. The monoisotopic (exact) mass is 572 g/mol. The molecule has 0 fully saturated rings. The third-order valence-electron chi connectivity index (χ3n) is 6.90. The smallest absolute Gasteiger partial charge is 0.343 e. The summed E-state index contributed by atoms with van der Waals surface area (Å²) in [4.78, 5) is 25.3. The van der Waals surface area contributed by atoms with Gasteiger partial charge in [-0.2, -0.15) is 0 Å². The molecule has 0 spiro atoms. The number of benzene rings is 3. The Bertz CT molecular complexity index is 1490. The lowest BCUT2D eigenvalue weighted by molar-refractivity contribution is -0.127. The van der Waals surface area contributed by atoms with E-state index in [4.69, 9.17) is 20.4 Å². The fraction of sp³-hybridized carbons (Fsp3) is 0.212. The summed E-state index contributed by atoms with van der Waals surface area (Å²) < 4.78 is 25.5. The van der Waals surface area contributed by atoms with Crippen molar-refractivity contribution in [3.8, 4) is 5.75 Å². The molecule has 0 aliphatic heterocycles. The third-order valence-corrected chi connectivity index (χ3v) is 7.69. The number of rotatable bonds is 8. The molecule has 3 aromatic carbocycles. The number of carbonyl (C=O) groups is 2. The number of carbonyl (C=O) groups excluding carboxylic acids is 2. The van der Waals surface area contributed by atoms with Gasteiger partial charge in [0.1, 0.15) is 11.6 Å². The Morgan fingerprint density at radius 3 is 2.46 bits per heavy atom. The third kappa shape index (κ3) is 8.11. The zero-order valence-electron chi connectivity index (χ0n) is 23.1. The topological polar surface area (TPSA) is 105 Å². The van der Waals surface area contributed by atoms with Gasteiger partial charge in [-0.15, -0.1) is 0 Å². The number of nitrogens with two attached hydrogens (primary N) is 2. The Morgan fingerprint density at radius 1 is 1.05 bits per heavy atom. The van der Waals surface area contributed by atoms with Crippen LogP contribution in [-0.2, 0) is 8.98 Å². The van der Waals surface area contributed by atoms with E-state index in [1.165, 1.54) is 6.08 Å². The maximum absolute atomic E-state index is 14.9. The molecule has 8 heteroatoms. The summed E-state index contributed by atoms with van der Waals surface area (Å²) in [6.07, 6.45) is 8.00. The van der Waals surface area contributed by atoms with Crippen LogP contribution in [-0.4, -0.2) is 11.9 Å². The van der Waals surface area contributed by atoms with Crippen molar-refractivity contribution in [1.29, 1.82) is 0 Å². The molecule has 0 amide bonds. The first-order valence-electron chi connectivity index (χ1n) is 13.4. The van der Waals surface area contributed by atoms with Gasteiger partial charge >= 0.3 is 11.9 Å². The molecule has 4 rings (SSSR count). The molecular formula is C33H33FN2O4S. The van der Waals surface area contributed by atoms with Crippen molar-refractivity contribution in [2.75, 3.05) is 11.5 Å². The van der Waals surface area contributed by atoms with E-state index in [1.807, 2.05) is 26.0 Å². The lowest BCUT2D eigenvalue weighted by atomic mass is 9.87. The fourth-order valence-electron chi connectivity index (χ4n) is 4.64. The highest BCUT2D eigenvalue weighted by atomic mass is 32.2. The first-order chi connectivity index (χ1) is 19.7. The van der Waals surface area contributed by atoms with Crippen LogP contribution < -0.4 is 16.2 Å². The molecule has 41 heavy (non-hydrogen) atoms. The van der Waals surface area contributed by atoms with E-state index in [-0.39, 0.29) is 11.7 Å². The van der Waals surface area contributed by atoms with Gasteiger partial charge in [0.05, 0.1) is 28.2 Å². The Morgan fingerprint density at radius 2 is 1.78 bits per heavy atom. The SMILES string of the molecule is CCC1=C(C)CCCC(c2ccc(OC(=O)c3ccc(/C=C/C(=O)OSc4ccc(N)cc4N)cc3)cc2)C=C1F. The van der Waals surface area contributed by atoms with Crippen molar-refractivity contribution in [2.45, 2.75) is 50.3 Å². The van der Waals surface area contributed by atoms with Crippen LogP contribution in [0.15, 0.2) is 101 Å². The largest absolute Gasteiger partial charge is 0.423 e. The molecule has 0 radical (unpaired) electrons. The molecule has 0 bridgehead atoms. The zero-order valence-corrected chi connectivity index (χ0v) is 23.9. The molecule has 0 aromatic heterocycles. The molecule has 0 saturated heterocycles. The lowest BCUT2D eigenvalue weighted by Gasteiger charge is -2.19. The second-order valence-electron chi connectivity index (χ2n) is 9.82. The predicted molar refractivity (Wildman–Crippen MR) is 163 cm³/mol. The summed E-state index contributed by atoms with van der Waals surface area (Å²) >= 11 is 0.854. The highest BCUT2D eigenvalue weighted by Gasteiger charge is 2.17. The van der Waals surface area contributed by atoms with Crippen molar-refractivity contribution in [3.05, 3.63) is 113 Å². The first kappa shape index (κ1) is 29.7. The van der Waals surface area contributed by atoms with Crippen molar-refractivity contribution in [1.82, 2.24) is 0 Å². The quantitative estimate of drug-likeness (QED) is 0.0922. The van der Waals surface area contributed by atoms with Gasteiger partial charge < -0.3 is 20.4 Å². The molecule has 1 atom stereocenters. The molecule has 1 aliphatic carbocycles. The number of hydrogen-bond donors (Lipinski definition) is 2. The Hall–Kier alpha value is -4.30. The minimum atomic E-state index is -0.562. The van der Waals surface area contributed by atoms with Gasteiger partial charge in [0, 0.05) is 17.7 Å². The van der Waals surface area contributed by atoms with Gasteiger partial charge in [-0.25, -0.2) is 14.0 Å². The van der Waals surface area contributed by atoms with E-state index >= 15 is 0 Å². The molecule has 1 unspecified atom stereocenters. The Balaban J connectivity index is 1.32. The average Bonchev–Trinajstić information content (AvgIpc) is 2.95. The second kappa shape index (κ2) is 13.9. The van der Waals surface area contributed by atoms with E-state index in [0.717, 1.165) is 48.0 Å². The maximum Gasteiger partial charge on any atom is 0.343 e. The molecular weight excluding hydrogens is 539 g/mol. The van der Waals surface area contributed by atoms with Crippen LogP contribution in [0.1, 0.15) is 66.9 Å². The van der Waals surface area contributed by atoms with Crippen LogP contribution in [0, 0.1) is 0 Å². The summed E-state index contributed by atoms with van der Waals surface area (Å²) in [6.45, 7) is 3.99. The van der Waals surface area contributed by atoms with Crippen molar-refractivity contribution in [2.24, 2.45) is 0 Å². The normalized spacial score (nSPS) is 15.7. The maximum atomic E-state index is 14.9. The average molecular weight is 573 g/mol. The van der Waals surface area contributed by atoms with Gasteiger partial charge in [-0.3, -0.25) is 0 Å². The van der Waals surface area contributed by atoms with Crippen LogP contribution >= 0.6 is 12.0 Å². The van der Waals surface area contributed by atoms with Crippen LogP contribution in [0.2, 0.25) is 0 Å². The highest BCUT2D eigenvalue weighted by molar-refractivity contribution is 7.95. The highest BCUT2D eigenvalue weighted by Crippen LogP contribution is 2.34. The molecule has 0 saturated carbocycles. The van der Waals surface area contributed by atoms with Crippen molar-refractivity contribution < 1.29 is 22.9 Å². The first-order valence-corrected chi connectivity index (χ1v) is 14.2. The van der Waals surface area contributed by atoms with Gasteiger partial charge in [-0.1, -0.05) is 36.8 Å². The molecule has 0 heterocycles. The van der Waals surface area contributed by atoms with Crippen molar-refractivity contribution in [3.63, 3.8) is 0 Å². The minimum absolute atomic E-state index is 0.0262. The van der Waals surface area contributed by atoms with Crippen LogP contribution in [0.4, 0.5) is 15.8 Å². The molecule has 6 nitrogen and oxygen atoms in total. The number of nitrogen functional groups attached to an aromatic ring is 2. The van der Waals surface area contributed by atoms with E-state index in [1.54, 1.807) is 66.7 Å². The predicted octanol–water partition coefficient (Wildman–Crippen LogP) is 8.18. The van der Waals surface area contributed by atoms with E-state index < -0.39 is 11.9 Å². The van der Waals surface area contributed by atoms with Crippen LogP contribution in [0.3, 0.4) is 0 Å². The number of allylic oxidation sites excluding steroid dienone is 4. The lowest BCUT2D eigenvalue weighted by Crippen LogP contribution is -2.08. The molecule has 3 aromatic rings. The number of ether oxygens (including phenoxy) is 1. The van der Waals surface area contributed by atoms with Crippen molar-refractivity contribution >= 4 is 41.4 Å². The van der Waals surface area contributed by atoms with E-state index in [0.29, 0.717) is 39.6 Å². The minimum Gasteiger partial charge on any atom is -0.423 e. The van der Waals surface area contributed by atoms with Crippen LogP contribution in [0.5, 0.6) is 5.75 Å². The zero-order chi connectivity index (χ0) is 29.4. The van der Waals surface area contributed by atoms with Gasteiger partial charge in [0.2, 0.25) is 0 Å². The molecule has 4 N–H and O–H groups in total. The summed E-state index contributed by atoms with van der Waals surface area (Å²) in [7, 11) is 0. The van der Waals surface area contributed by atoms with Gasteiger partial charge in [0.15, 0.2) is 0 Å². The summed E-state index contributed by atoms with van der Waals surface area (Å²) in [6, 6.07) is 18.8. The van der Waals surface area contributed by atoms with E-state index in [9.17, 15) is 14.0 Å².